The van der Waals surface area contributed by atoms with Crippen LogP contribution >= 0.6 is 11.8 Å². The van der Waals surface area contributed by atoms with E-state index in [1.165, 1.54) is 29.8 Å². The van der Waals surface area contributed by atoms with Crippen molar-refractivity contribution in [2.75, 3.05) is 20.8 Å². The highest BCUT2D eigenvalue weighted by Gasteiger charge is 2.30. The number of thioether (sulfide) groups is 1. The van der Waals surface area contributed by atoms with Gasteiger partial charge in [0.05, 0.1) is 29.9 Å². The van der Waals surface area contributed by atoms with E-state index < -0.39 is 5.97 Å². The Hall–Kier alpha value is -3.26. The number of aromatic hydroxyl groups is 1. The molecule has 1 N–H and O–H groups in total. The van der Waals surface area contributed by atoms with E-state index in [1.54, 1.807) is 49.5 Å². The third kappa shape index (κ3) is 4.60. The van der Waals surface area contributed by atoms with E-state index in [2.05, 4.69) is 9.73 Å². The normalized spacial score (nSPS) is 16.5. The quantitative estimate of drug-likeness (QED) is 0.593. The largest absolute Gasteiger partial charge is 0.504 e. The lowest BCUT2D eigenvalue weighted by Gasteiger charge is -2.07. The molecule has 150 valence electrons. The first-order valence-electron chi connectivity index (χ1n) is 8.83. The van der Waals surface area contributed by atoms with Crippen LogP contribution in [0.4, 0.5) is 5.69 Å². The van der Waals surface area contributed by atoms with E-state index in [1.807, 2.05) is 6.92 Å². The number of nitrogens with zero attached hydrogens (tertiary/aromatic N) is 2. The van der Waals surface area contributed by atoms with Crippen molar-refractivity contribution in [3.8, 4) is 11.5 Å². The number of ether oxygens (including phenoxy) is 2. The first-order chi connectivity index (χ1) is 13.9. The molecule has 0 bridgehead atoms. The molecule has 1 heterocycles. The number of methoxy groups -OCH3 is 1. The molecule has 0 aliphatic carbocycles. The van der Waals surface area contributed by atoms with E-state index in [0.29, 0.717) is 33.7 Å². The maximum absolute atomic E-state index is 12.6. The number of benzene rings is 2. The Kier molecular flexibility index (Phi) is 6.23. The number of likely N-dealkylation sites (N-methyl/N-ethyl adjacent to an activating group) is 1. The van der Waals surface area contributed by atoms with Gasteiger partial charge in [-0.3, -0.25) is 9.69 Å². The Morgan fingerprint density at radius 2 is 1.97 bits per heavy atom. The highest BCUT2D eigenvalue weighted by molar-refractivity contribution is 8.18. The molecule has 1 amide bonds. The Labute approximate surface area is 172 Å². The molecular weight excluding hydrogens is 392 g/mol. The van der Waals surface area contributed by atoms with Gasteiger partial charge in [-0.2, -0.15) is 0 Å². The van der Waals surface area contributed by atoms with Gasteiger partial charge in [-0.25, -0.2) is 9.79 Å². The number of hydrogen-bond donors (Lipinski definition) is 1. The molecule has 0 saturated carbocycles. The summed E-state index contributed by atoms with van der Waals surface area (Å²) in [5, 5.41) is 10.3. The lowest BCUT2D eigenvalue weighted by Crippen LogP contribution is -2.23. The second-order valence-corrected chi connectivity index (χ2v) is 7.08. The molecule has 0 radical (unpaired) electrons. The van der Waals surface area contributed by atoms with Gasteiger partial charge in [-0.05, 0) is 66.7 Å². The number of rotatable bonds is 5. The summed E-state index contributed by atoms with van der Waals surface area (Å²) in [4.78, 5) is 30.6. The summed E-state index contributed by atoms with van der Waals surface area (Å²) in [6.07, 6.45) is 1.73. The smallest absolute Gasteiger partial charge is 0.337 e. The van der Waals surface area contributed by atoms with Crippen LogP contribution in [-0.2, 0) is 9.53 Å². The third-order valence-electron chi connectivity index (χ3n) is 4.10. The SMILES string of the molecule is CCOc1cc(/C=C2/SC(=Nc3ccc(C(=O)OC)cc3)N(C)C2=O)ccc1O. The summed E-state index contributed by atoms with van der Waals surface area (Å²) in [7, 11) is 2.98. The van der Waals surface area contributed by atoms with Crippen LogP contribution in [-0.4, -0.2) is 47.8 Å². The number of hydrogen-bond acceptors (Lipinski definition) is 7. The molecule has 0 spiro atoms. The first-order valence-corrected chi connectivity index (χ1v) is 9.65. The summed E-state index contributed by atoms with van der Waals surface area (Å²) in [5.41, 5.74) is 1.78. The average molecular weight is 412 g/mol. The van der Waals surface area contributed by atoms with Crippen LogP contribution in [0.5, 0.6) is 11.5 Å². The van der Waals surface area contributed by atoms with Gasteiger partial charge < -0.3 is 14.6 Å². The average Bonchev–Trinajstić information content (AvgIpc) is 2.98. The maximum Gasteiger partial charge on any atom is 0.337 e. The Morgan fingerprint density at radius 1 is 1.24 bits per heavy atom. The van der Waals surface area contributed by atoms with E-state index in [-0.39, 0.29) is 11.7 Å². The number of phenolic OH excluding ortho intramolecular Hbond substituents is 1. The van der Waals surface area contributed by atoms with Crippen molar-refractivity contribution in [2.45, 2.75) is 6.92 Å². The topological polar surface area (TPSA) is 88.4 Å². The van der Waals surface area contributed by atoms with Crippen LogP contribution in [0.15, 0.2) is 52.4 Å². The van der Waals surface area contributed by atoms with E-state index >= 15 is 0 Å². The Bertz CT molecular complexity index is 999. The summed E-state index contributed by atoms with van der Waals surface area (Å²) >= 11 is 1.25. The predicted molar refractivity (Wildman–Crippen MR) is 112 cm³/mol. The van der Waals surface area contributed by atoms with Crippen molar-refractivity contribution in [3.05, 3.63) is 58.5 Å². The molecule has 1 aliphatic rings. The zero-order valence-electron chi connectivity index (χ0n) is 16.2. The number of esters is 1. The zero-order chi connectivity index (χ0) is 21.0. The maximum atomic E-state index is 12.6. The molecule has 0 atom stereocenters. The van der Waals surface area contributed by atoms with Gasteiger partial charge in [0.25, 0.3) is 5.91 Å². The number of aliphatic imine (C=N–C) groups is 1. The minimum Gasteiger partial charge on any atom is -0.504 e. The second kappa shape index (κ2) is 8.83. The van der Waals surface area contributed by atoms with Crippen molar-refractivity contribution in [1.29, 1.82) is 0 Å². The van der Waals surface area contributed by atoms with Gasteiger partial charge in [0.15, 0.2) is 16.7 Å². The van der Waals surface area contributed by atoms with Crippen molar-refractivity contribution < 1.29 is 24.2 Å². The summed E-state index contributed by atoms with van der Waals surface area (Å²) < 4.78 is 10.1. The molecule has 1 aliphatic heterocycles. The van der Waals surface area contributed by atoms with Gasteiger partial charge >= 0.3 is 5.97 Å². The lowest BCUT2D eigenvalue weighted by atomic mass is 10.2. The van der Waals surface area contributed by atoms with Crippen LogP contribution in [0, 0.1) is 0 Å². The minimum atomic E-state index is -0.419. The third-order valence-corrected chi connectivity index (χ3v) is 5.16. The Balaban J connectivity index is 1.84. The number of amides is 1. The molecule has 8 heteroatoms. The van der Waals surface area contributed by atoms with Gasteiger partial charge in [0.1, 0.15) is 0 Å². The van der Waals surface area contributed by atoms with Gasteiger partial charge in [0, 0.05) is 7.05 Å². The number of phenols is 1. The second-order valence-electron chi connectivity index (χ2n) is 6.07. The van der Waals surface area contributed by atoms with Crippen LogP contribution in [0.25, 0.3) is 6.08 Å². The summed E-state index contributed by atoms with van der Waals surface area (Å²) in [6, 6.07) is 11.5. The standard InChI is InChI=1S/C21H20N2O5S/c1-4-28-17-11-13(5-10-16(17)24)12-18-19(25)23(2)21(29-18)22-15-8-6-14(7-9-15)20(26)27-3/h5-12,24H,4H2,1-3H3/b18-12+,22-21?. The molecule has 7 nitrogen and oxygen atoms in total. The monoisotopic (exact) mass is 412 g/mol. The lowest BCUT2D eigenvalue weighted by molar-refractivity contribution is -0.121. The molecule has 2 aromatic carbocycles. The molecule has 29 heavy (non-hydrogen) atoms. The fourth-order valence-electron chi connectivity index (χ4n) is 2.59. The molecule has 1 fully saturated rings. The Morgan fingerprint density at radius 3 is 2.62 bits per heavy atom. The van der Waals surface area contributed by atoms with Crippen molar-refractivity contribution in [3.63, 3.8) is 0 Å². The number of amidine groups is 1. The van der Waals surface area contributed by atoms with E-state index in [9.17, 15) is 14.7 Å². The minimum absolute atomic E-state index is 0.0502. The highest BCUT2D eigenvalue weighted by Crippen LogP contribution is 2.34. The molecule has 0 unspecified atom stereocenters. The fourth-order valence-corrected chi connectivity index (χ4v) is 3.58. The van der Waals surface area contributed by atoms with Crippen molar-refractivity contribution >= 4 is 40.6 Å². The van der Waals surface area contributed by atoms with E-state index in [0.717, 1.165) is 5.56 Å². The van der Waals surface area contributed by atoms with E-state index in [4.69, 9.17) is 4.74 Å². The van der Waals surface area contributed by atoms with Crippen molar-refractivity contribution in [1.82, 2.24) is 4.90 Å². The van der Waals surface area contributed by atoms with Crippen LogP contribution < -0.4 is 4.74 Å². The van der Waals surface area contributed by atoms with Crippen LogP contribution in [0.2, 0.25) is 0 Å². The molecule has 0 aromatic heterocycles. The van der Waals surface area contributed by atoms with Crippen LogP contribution in [0.3, 0.4) is 0 Å². The predicted octanol–water partition coefficient (Wildman–Crippen LogP) is 3.81. The fraction of sp³-hybridized carbons (Fsp3) is 0.190. The first kappa shape index (κ1) is 20.5. The summed E-state index contributed by atoms with van der Waals surface area (Å²) in [5.74, 6) is -0.178. The van der Waals surface area contributed by atoms with Gasteiger partial charge in [0.2, 0.25) is 0 Å². The zero-order valence-corrected chi connectivity index (χ0v) is 17.0. The van der Waals surface area contributed by atoms with Crippen LogP contribution in [0.1, 0.15) is 22.8 Å². The molecule has 1 saturated heterocycles. The molecule has 2 aromatic rings. The van der Waals surface area contributed by atoms with Crippen molar-refractivity contribution in [2.24, 2.45) is 4.99 Å². The van der Waals surface area contributed by atoms with Gasteiger partial charge in [-0.1, -0.05) is 6.07 Å². The highest BCUT2D eigenvalue weighted by atomic mass is 32.2. The molecule has 3 rings (SSSR count). The molecular formula is C21H20N2O5S. The summed E-state index contributed by atoms with van der Waals surface area (Å²) in [6.45, 7) is 2.26. The number of carbonyl (C=O) groups is 2. The van der Waals surface area contributed by atoms with Gasteiger partial charge in [-0.15, -0.1) is 0 Å². The number of carbonyl (C=O) groups excluding carboxylic acids is 2.